The number of hydrogen-bond donors (Lipinski definition) is 1. The van der Waals surface area contributed by atoms with Gasteiger partial charge in [0.2, 0.25) is 0 Å². The summed E-state index contributed by atoms with van der Waals surface area (Å²) in [6.45, 7) is 4.56. The summed E-state index contributed by atoms with van der Waals surface area (Å²) in [5.41, 5.74) is 2.74. The lowest BCUT2D eigenvalue weighted by Gasteiger charge is -2.20. The number of aliphatic carboxylic acids is 1. The summed E-state index contributed by atoms with van der Waals surface area (Å²) in [5, 5.41) is 8.70. The Morgan fingerprint density at radius 1 is 1.07 bits per heavy atom. The summed E-state index contributed by atoms with van der Waals surface area (Å²) in [4.78, 5) is 23.0. The molecule has 1 aromatic rings. The third-order valence-corrected chi connectivity index (χ3v) is 6.43. The standard InChI is InChI=1S/C25H38O3/c1-3-4-7-10-19(2)20-13-15-21(16-14-20)22-17-18-24(26)23(22)11-8-5-6-9-12-25(27)28/h13-16,19,22-23H,3-12,17-18H2,1-2H3,(H,27,28)/t19-,22+,23+/m0/s1. The highest BCUT2D eigenvalue weighted by Gasteiger charge is 2.34. The molecule has 3 atom stereocenters. The Bertz CT molecular complexity index is 605. The van der Waals surface area contributed by atoms with Crippen molar-refractivity contribution < 1.29 is 14.7 Å². The Balaban J connectivity index is 1.84. The van der Waals surface area contributed by atoms with E-state index in [9.17, 15) is 9.59 Å². The molecule has 0 amide bonds. The zero-order valence-corrected chi connectivity index (χ0v) is 17.8. The maximum absolute atomic E-state index is 12.4. The Hall–Kier alpha value is -1.64. The van der Waals surface area contributed by atoms with Crippen LogP contribution in [0, 0.1) is 5.92 Å². The van der Waals surface area contributed by atoms with Crippen molar-refractivity contribution in [1.82, 2.24) is 0 Å². The lowest BCUT2D eigenvalue weighted by Crippen LogP contribution is -2.13. The summed E-state index contributed by atoms with van der Waals surface area (Å²) in [7, 11) is 0. The van der Waals surface area contributed by atoms with Gasteiger partial charge in [-0.1, -0.05) is 76.6 Å². The number of carboxylic acids is 1. The van der Waals surface area contributed by atoms with Crippen LogP contribution in [-0.4, -0.2) is 16.9 Å². The van der Waals surface area contributed by atoms with E-state index in [1.54, 1.807) is 0 Å². The van der Waals surface area contributed by atoms with Crippen molar-refractivity contribution in [3.63, 3.8) is 0 Å². The summed E-state index contributed by atoms with van der Waals surface area (Å²) in [6.07, 6.45) is 11.8. The molecule has 0 saturated heterocycles. The quantitative estimate of drug-likeness (QED) is 0.377. The zero-order valence-electron chi connectivity index (χ0n) is 17.8. The lowest BCUT2D eigenvalue weighted by molar-refractivity contribution is -0.137. The summed E-state index contributed by atoms with van der Waals surface area (Å²) < 4.78 is 0. The highest BCUT2D eigenvalue weighted by molar-refractivity contribution is 5.84. The summed E-state index contributed by atoms with van der Waals surface area (Å²) in [5.74, 6) is 0.845. The Kier molecular flexibility index (Phi) is 9.73. The molecule has 1 fully saturated rings. The normalized spacial score (nSPS) is 20.4. The van der Waals surface area contributed by atoms with Gasteiger partial charge >= 0.3 is 5.97 Å². The van der Waals surface area contributed by atoms with Crippen molar-refractivity contribution in [2.75, 3.05) is 0 Å². The lowest BCUT2D eigenvalue weighted by atomic mass is 9.84. The van der Waals surface area contributed by atoms with Crippen LogP contribution in [0.25, 0.3) is 0 Å². The molecule has 0 unspecified atom stereocenters. The van der Waals surface area contributed by atoms with E-state index in [-0.39, 0.29) is 12.3 Å². The predicted octanol–water partition coefficient (Wildman–Crippen LogP) is 6.86. The van der Waals surface area contributed by atoms with E-state index < -0.39 is 5.97 Å². The first kappa shape index (κ1) is 22.6. The summed E-state index contributed by atoms with van der Waals surface area (Å²) >= 11 is 0. The molecule has 1 aromatic carbocycles. The van der Waals surface area contributed by atoms with Crippen LogP contribution in [0.15, 0.2) is 24.3 Å². The molecule has 0 aromatic heterocycles. The molecule has 0 heterocycles. The number of hydrogen-bond acceptors (Lipinski definition) is 2. The van der Waals surface area contributed by atoms with E-state index in [2.05, 4.69) is 38.1 Å². The Morgan fingerprint density at radius 2 is 1.79 bits per heavy atom. The number of unbranched alkanes of at least 4 members (excludes halogenated alkanes) is 5. The maximum atomic E-state index is 12.4. The minimum Gasteiger partial charge on any atom is -0.481 e. The number of benzene rings is 1. The van der Waals surface area contributed by atoms with E-state index in [1.807, 2.05) is 0 Å². The molecule has 1 saturated carbocycles. The molecule has 0 radical (unpaired) electrons. The zero-order chi connectivity index (χ0) is 20.4. The van der Waals surface area contributed by atoms with E-state index in [4.69, 9.17) is 5.11 Å². The van der Waals surface area contributed by atoms with Crippen LogP contribution < -0.4 is 0 Å². The topological polar surface area (TPSA) is 54.4 Å². The monoisotopic (exact) mass is 386 g/mol. The maximum Gasteiger partial charge on any atom is 0.303 e. The van der Waals surface area contributed by atoms with E-state index >= 15 is 0 Å². The Labute approximate surface area is 170 Å². The van der Waals surface area contributed by atoms with Gasteiger partial charge in [-0.25, -0.2) is 0 Å². The van der Waals surface area contributed by atoms with Gasteiger partial charge in [-0.2, -0.15) is 0 Å². The average Bonchev–Trinajstić information content (AvgIpc) is 3.05. The first-order valence-electron chi connectivity index (χ1n) is 11.4. The fourth-order valence-corrected chi connectivity index (χ4v) is 4.60. The minimum absolute atomic E-state index is 0.160. The number of ketones is 1. The van der Waals surface area contributed by atoms with Crippen molar-refractivity contribution in [3.8, 4) is 0 Å². The molecular formula is C25H38O3. The van der Waals surface area contributed by atoms with Crippen LogP contribution in [0.4, 0.5) is 0 Å². The number of carbonyl (C=O) groups is 2. The van der Waals surface area contributed by atoms with Gasteiger partial charge in [0.15, 0.2) is 0 Å². The molecule has 2 rings (SSSR count). The van der Waals surface area contributed by atoms with Gasteiger partial charge in [0.25, 0.3) is 0 Å². The largest absolute Gasteiger partial charge is 0.481 e. The first-order valence-corrected chi connectivity index (χ1v) is 11.4. The smallest absolute Gasteiger partial charge is 0.303 e. The molecular weight excluding hydrogens is 348 g/mol. The van der Waals surface area contributed by atoms with Crippen LogP contribution in [0.2, 0.25) is 0 Å². The third kappa shape index (κ3) is 7.07. The van der Waals surface area contributed by atoms with Crippen molar-refractivity contribution in [1.29, 1.82) is 0 Å². The van der Waals surface area contributed by atoms with E-state index in [0.717, 1.165) is 38.5 Å². The van der Waals surface area contributed by atoms with Crippen LogP contribution in [0.3, 0.4) is 0 Å². The van der Waals surface area contributed by atoms with Gasteiger partial charge in [0, 0.05) is 18.8 Å². The average molecular weight is 387 g/mol. The van der Waals surface area contributed by atoms with Crippen LogP contribution >= 0.6 is 0 Å². The van der Waals surface area contributed by atoms with Gasteiger partial charge in [0.1, 0.15) is 5.78 Å². The highest BCUT2D eigenvalue weighted by atomic mass is 16.4. The molecule has 0 bridgehead atoms. The van der Waals surface area contributed by atoms with Crippen LogP contribution in [0.5, 0.6) is 0 Å². The molecule has 156 valence electrons. The molecule has 3 nitrogen and oxygen atoms in total. The fraction of sp³-hybridized carbons (Fsp3) is 0.680. The fourth-order valence-electron chi connectivity index (χ4n) is 4.60. The third-order valence-electron chi connectivity index (χ3n) is 6.43. The SMILES string of the molecule is CCCCC[C@H](C)c1ccc([C@H]2CCC(=O)[C@@H]2CCCCCCC(=O)O)cc1. The van der Waals surface area contributed by atoms with Crippen molar-refractivity contribution >= 4 is 11.8 Å². The molecule has 0 aliphatic heterocycles. The van der Waals surface area contributed by atoms with Gasteiger partial charge in [-0.15, -0.1) is 0 Å². The second-order valence-corrected chi connectivity index (χ2v) is 8.63. The minimum atomic E-state index is -0.714. The molecule has 28 heavy (non-hydrogen) atoms. The second kappa shape index (κ2) is 12.0. The molecule has 1 N–H and O–H groups in total. The van der Waals surface area contributed by atoms with Crippen LogP contribution in [-0.2, 0) is 9.59 Å². The Morgan fingerprint density at radius 3 is 2.46 bits per heavy atom. The van der Waals surface area contributed by atoms with E-state index in [0.29, 0.717) is 24.0 Å². The molecule has 1 aliphatic carbocycles. The number of carboxylic acid groups (broad SMARTS) is 1. The van der Waals surface area contributed by atoms with Gasteiger partial charge in [0.05, 0.1) is 0 Å². The number of carbonyl (C=O) groups excluding carboxylic acids is 1. The molecule has 0 spiro atoms. The second-order valence-electron chi connectivity index (χ2n) is 8.63. The highest BCUT2D eigenvalue weighted by Crippen LogP contribution is 2.40. The van der Waals surface area contributed by atoms with Gasteiger partial charge < -0.3 is 5.11 Å². The molecule has 3 heteroatoms. The van der Waals surface area contributed by atoms with Crippen molar-refractivity contribution in [2.45, 2.75) is 103 Å². The predicted molar refractivity (Wildman–Crippen MR) is 115 cm³/mol. The number of Topliss-reactive ketones (excluding diaryl/α,β-unsaturated/α-hetero) is 1. The van der Waals surface area contributed by atoms with Crippen molar-refractivity contribution in [2.24, 2.45) is 5.92 Å². The van der Waals surface area contributed by atoms with Crippen LogP contribution in [0.1, 0.15) is 114 Å². The number of rotatable bonds is 13. The van der Waals surface area contributed by atoms with Gasteiger partial charge in [-0.05, 0) is 48.6 Å². The first-order chi connectivity index (χ1) is 13.5. The van der Waals surface area contributed by atoms with E-state index in [1.165, 1.54) is 36.8 Å². The van der Waals surface area contributed by atoms with Crippen molar-refractivity contribution in [3.05, 3.63) is 35.4 Å². The summed E-state index contributed by atoms with van der Waals surface area (Å²) in [6, 6.07) is 9.07. The van der Waals surface area contributed by atoms with Gasteiger partial charge in [-0.3, -0.25) is 9.59 Å². The molecule has 1 aliphatic rings.